The summed E-state index contributed by atoms with van der Waals surface area (Å²) in [6.07, 6.45) is 0. The van der Waals surface area contributed by atoms with Crippen LogP contribution in [0.25, 0.3) is 0 Å². The first-order valence-electron chi connectivity index (χ1n) is 8.93. The van der Waals surface area contributed by atoms with Crippen molar-refractivity contribution >= 4 is 28.6 Å². The minimum Gasteiger partial charge on any atom is -0.495 e. The van der Waals surface area contributed by atoms with Gasteiger partial charge in [-0.2, -0.15) is 0 Å². The molecule has 0 unspecified atom stereocenters. The summed E-state index contributed by atoms with van der Waals surface area (Å²) in [6, 6.07) is 16.1. The van der Waals surface area contributed by atoms with Gasteiger partial charge in [0.1, 0.15) is 5.75 Å². The fourth-order valence-corrected chi connectivity index (χ4v) is 3.72. The molecule has 0 aliphatic heterocycles. The summed E-state index contributed by atoms with van der Waals surface area (Å²) in [5.74, 6) is 0.0368. The molecule has 3 aromatic rings. The Balaban J connectivity index is 1.73. The van der Waals surface area contributed by atoms with Crippen LogP contribution in [-0.4, -0.2) is 24.5 Å². The van der Waals surface area contributed by atoms with Crippen LogP contribution in [0.15, 0.2) is 60.0 Å². The maximum atomic E-state index is 12.5. The van der Waals surface area contributed by atoms with E-state index < -0.39 is 4.92 Å². The minimum atomic E-state index is -0.516. The summed E-state index contributed by atoms with van der Waals surface area (Å²) >= 11 is 1.61. The molecule has 8 heteroatoms. The van der Waals surface area contributed by atoms with Gasteiger partial charge >= 0.3 is 0 Å². The van der Waals surface area contributed by atoms with E-state index in [4.69, 9.17) is 4.74 Å². The lowest BCUT2D eigenvalue weighted by Crippen LogP contribution is -2.31. The number of nitro benzene ring substituents is 1. The van der Waals surface area contributed by atoms with Gasteiger partial charge in [0.2, 0.25) is 5.91 Å². The Kier molecular flexibility index (Phi) is 6.58. The molecule has 1 heterocycles. The highest BCUT2D eigenvalue weighted by atomic mass is 32.1. The van der Waals surface area contributed by atoms with Gasteiger partial charge in [-0.15, -0.1) is 11.3 Å². The van der Waals surface area contributed by atoms with E-state index in [1.54, 1.807) is 11.3 Å². The number of nitrogens with one attached hydrogen (secondary N) is 2. The van der Waals surface area contributed by atoms with Crippen molar-refractivity contribution in [1.29, 1.82) is 0 Å². The number of thiophene rings is 1. The minimum absolute atomic E-state index is 0.0300. The van der Waals surface area contributed by atoms with E-state index in [-0.39, 0.29) is 29.9 Å². The number of methoxy groups -OCH3 is 1. The Morgan fingerprint density at radius 2 is 1.97 bits per heavy atom. The zero-order valence-corrected chi connectivity index (χ0v) is 16.9. The van der Waals surface area contributed by atoms with E-state index in [0.717, 1.165) is 16.0 Å². The van der Waals surface area contributed by atoms with E-state index in [0.29, 0.717) is 5.75 Å². The Bertz CT molecular complexity index is 988. The van der Waals surface area contributed by atoms with Gasteiger partial charge in [-0.25, -0.2) is 0 Å². The van der Waals surface area contributed by atoms with Crippen LogP contribution >= 0.6 is 11.3 Å². The molecule has 0 fully saturated rings. The highest BCUT2D eigenvalue weighted by Crippen LogP contribution is 2.29. The van der Waals surface area contributed by atoms with Crippen LogP contribution in [0.5, 0.6) is 5.75 Å². The zero-order valence-electron chi connectivity index (χ0n) is 16.0. The molecule has 29 heavy (non-hydrogen) atoms. The van der Waals surface area contributed by atoms with Gasteiger partial charge in [0.15, 0.2) is 0 Å². The molecule has 0 bridgehead atoms. The lowest BCUT2D eigenvalue weighted by molar-refractivity contribution is -0.384. The Morgan fingerprint density at radius 3 is 2.59 bits per heavy atom. The molecule has 0 spiro atoms. The number of non-ortho nitro benzene ring substituents is 1. The Hall–Kier alpha value is -3.23. The number of rotatable bonds is 8. The van der Waals surface area contributed by atoms with Crippen molar-refractivity contribution in [3.8, 4) is 5.75 Å². The van der Waals surface area contributed by atoms with E-state index in [1.807, 2.05) is 48.7 Å². The summed E-state index contributed by atoms with van der Waals surface area (Å²) in [5, 5.41) is 19.0. The van der Waals surface area contributed by atoms with Gasteiger partial charge < -0.3 is 10.1 Å². The second-order valence-corrected chi connectivity index (χ2v) is 7.41. The fraction of sp³-hybridized carbons (Fsp3) is 0.190. The largest absolute Gasteiger partial charge is 0.495 e. The highest BCUT2D eigenvalue weighted by Gasteiger charge is 2.18. The van der Waals surface area contributed by atoms with E-state index in [9.17, 15) is 14.9 Å². The summed E-state index contributed by atoms with van der Waals surface area (Å²) in [5.41, 5.74) is 2.36. The van der Waals surface area contributed by atoms with Gasteiger partial charge in [-0.1, -0.05) is 35.9 Å². The monoisotopic (exact) mass is 411 g/mol. The number of carbonyl (C=O) groups excluding carboxylic acids is 1. The highest BCUT2D eigenvalue weighted by molar-refractivity contribution is 7.10. The molecule has 3 rings (SSSR count). The van der Waals surface area contributed by atoms with Gasteiger partial charge in [0, 0.05) is 17.0 Å². The quantitative estimate of drug-likeness (QED) is 0.426. The number of hydrogen-bond acceptors (Lipinski definition) is 6. The summed E-state index contributed by atoms with van der Waals surface area (Å²) in [4.78, 5) is 24.1. The average Bonchev–Trinajstić information content (AvgIpc) is 3.24. The standard InChI is InChI=1S/C21H21N3O4S/c1-14-5-7-15(8-6-14)21(19-4-3-11-29-19)22-13-20(25)23-17-12-16(24(26)27)9-10-18(17)28-2/h3-12,21-22H,13H2,1-2H3,(H,23,25)/t21-/m1/s1. The number of nitrogens with zero attached hydrogens (tertiary/aromatic N) is 1. The maximum absolute atomic E-state index is 12.5. The van der Waals surface area contributed by atoms with Crippen LogP contribution in [0.3, 0.4) is 0 Å². The number of carbonyl (C=O) groups is 1. The van der Waals surface area contributed by atoms with E-state index in [2.05, 4.69) is 10.6 Å². The summed E-state index contributed by atoms with van der Waals surface area (Å²) in [7, 11) is 1.44. The SMILES string of the molecule is COc1ccc([N+](=O)[O-])cc1NC(=O)CN[C@H](c1ccc(C)cc1)c1cccs1. The molecular weight excluding hydrogens is 390 g/mol. The van der Waals surface area contributed by atoms with Crippen molar-refractivity contribution in [3.63, 3.8) is 0 Å². The van der Waals surface area contributed by atoms with Gasteiger partial charge in [-0.3, -0.25) is 20.2 Å². The smallest absolute Gasteiger partial charge is 0.271 e. The van der Waals surface area contributed by atoms with E-state index in [1.165, 1.54) is 25.3 Å². The molecule has 0 saturated carbocycles. The molecule has 0 radical (unpaired) electrons. The lowest BCUT2D eigenvalue weighted by Gasteiger charge is -2.18. The van der Waals surface area contributed by atoms with Crippen molar-refractivity contribution in [3.05, 3.63) is 86.1 Å². The molecule has 1 aromatic heterocycles. The van der Waals surface area contributed by atoms with Crippen molar-refractivity contribution in [2.24, 2.45) is 0 Å². The molecule has 1 atom stereocenters. The number of anilines is 1. The molecule has 2 aromatic carbocycles. The topological polar surface area (TPSA) is 93.5 Å². The van der Waals surface area contributed by atoms with Crippen LogP contribution in [0, 0.1) is 17.0 Å². The van der Waals surface area contributed by atoms with Gasteiger partial charge in [0.05, 0.1) is 30.3 Å². The first kappa shape index (κ1) is 20.5. The van der Waals surface area contributed by atoms with Crippen molar-refractivity contribution in [1.82, 2.24) is 5.32 Å². The number of nitro groups is 1. The number of amides is 1. The molecule has 0 saturated heterocycles. The van der Waals surface area contributed by atoms with Crippen LogP contribution in [0.4, 0.5) is 11.4 Å². The molecule has 1 amide bonds. The molecule has 0 aliphatic rings. The third-order valence-corrected chi connectivity index (χ3v) is 5.31. The third-order valence-electron chi connectivity index (χ3n) is 4.37. The zero-order chi connectivity index (χ0) is 20.8. The maximum Gasteiger partial charge on any atom is 0.271 e. The summed E-state index contributed by atoms with van der Waals surface area (Å²) in [6.45, 7) is 2.06. The van der Waals surface area contributed by atoms with Gasteiger partial charge in [0.25, 0.3) is 5.69 Å². The molecule has 150 valence electrons. The normalized spacial score (nSPS) is 11.7. The van der Waals surface area contributed by atoms with Crippen molar-refractivity contribution < 1.29 is 14.5 Å². The average molecular weight is 411 g/mol. The predicted octanol–water partition coefficient (Wildman–Crippen LogP) is 4.29. The Morgan fingerprint density at radius 1 is 1.21 bits per heavy atom. The third kappa shape index (κ3) is 5.18. The number of aryl methyl sites for hydroxylation is 1. The number of ether oxygens (including phenoxy) is 1. The van der Waals surface area contributed by atoms with Crippen molar-refractivity contribution in [2.45, 2.75) is 13.0 Å². The van der Waals surface area contributed by atoms with Gasteiger partial charge in [-0.05, 0) is 30.0 Å². The molecule has 2 N–H and O–H groups in total. The van der Waals surface area contributed by atoms with Crippen LogP contribution in [0.2, 0.25) is 0 Å². The van der Waals surface area contributed by atoms with Crippen LogP contribution < -0.4 is 15.4 Å². The second kappa shape index (κ2) is 9.31. The van der Waals surface area contributed by atoms with Crippen LogP contribution in [-0.2, 0) is 4.79 Å². The van der Waals surface area contributed by atoms with Crippen molar-refractivity contribution in [2.75, 3.05) is 19.0 Å². The molecule has 7 nitrogen and oxygen atoms in total. The lowest BCUT2D eigenvalue weighted by atomic mass is 10.0. The van der Waals surface area contributed by atoms with E-state index >= 15 is 0 Å². The number of benzene rings is 2. The second-order valence-electron chi connectivity index (χ2n) is 6.43. The summed E-state index contributed by atoms with van der Waals surface area (Å²) < 4.78 is 5.19. The molecular formula is C21H21N3O4S. The first-order valence-corrected chi connectivity index (χ1v) is 9.81. The molecule has 0 aliphatic carbocycles. The Labute approximate surface area is 172 Å². The number of hydrogen-bond donors (Lipinski definition) is 2. The first-order chi connectivity index (χ1) is 14.0. The predicted molar refractivity (Wildman–Crippen MR) is 114 cm³/mol. The fourth-order valence-electron chi connectivity index (χ4n) is 2.89. The van der Waals surface area contributed by atoms with Crippen LogP contribution in [0.1, 0.15) is 22.0 Å².